The van der Waals surface area contributed by atoms with Crippen molar-refractivity contribution in [2.75, 3.05) is 25.5 Å². The summed E-state index contributed by atoms with van der Waals surface area (Å²) in [5.41, 5.74) is 1.11. The minimum absolute atomic E-state index is 0.0279. The van der Waals surface area contributed by atoms with Crippen molar-refractivity contribution in [3.05, 3.63) is 92.9 Å². The standard InChI is InChI=1S/C29H25F2N3O6S/c1-38-29(37)40-14-39-27-21(35)8-9-33-26(27)28(36)32-12-16-10-15(16)11-23(32)34(33)25-17-6-7-20(30)24(31)19(17)13-41-22-5-3-2-4-18(22)25/h2-9,15-16,23,25H,10-14H2,1H3/t15?,16?,23-,25+/m1/s1. The zero-order chi connectivity index (χ0) is 28.4. The van der Waals surface area contributed by atoms with E-state index < -0.39 is 42.2 Å². The minimum Gasteiger partial charge on any atom is -0.451 e. The first-order chi connectivity index (χ1) is 19.9. The summed E-state index contributed by atoms with van der Waals surface area (Å²) >= 11 is 1.43. The lowest BCUT2D eigenvalue weighted by atomic mass is 9.92. The molecule has 2 fully saturated rings. The predicted molar refractivity (Wildman–Crippen MR) is 143 cm³/mol. The molecule has 1 saturated heterocycles. The maximum Gasteiger partial charge on any atom is 0.510 e. The number of rotatable bonds is 4. The SMILES string of the molecule is COC(=O)OCOc1c2n(ccc1=O)N([C@@H]1c3ccccc3SCc3c1ccc(F)c3F)[C@@H]1CC3CC3CN1C2=O. The van der Waals surface area contributed by atoms with E-state index in [1.807, 2.05) is 29.3 Å². The highest BCUT2D eigenvalue weighted by molar-refractivity contribution is 7.98. The Kier molecular flexibility index (Phi) is 6.18. The second-order valence-corrected chi connectivity index (χ2v) is 11.5. The normalized spacial score (nSPS) is 23.7. The van der Waals surface area contributed by atoms with E-state index in [1.165, 1.54) is 24.0 Å². The number of nitrogens with zero attached hydrogens (tertiary/aromatic N) is 3. The number of amides is 1. The molecule has 0 radical (unpaired) electrons. The van der Waals surface area contributed by atoms with Gasteiger partial charge in [0.05, 0.1) is 13.2 Å². The number of aromatic nitrogens is 1. The number of hydrogen-bond donors (Lipinski definition) is 0. The Hall–Kier alpha value is -4.06. The van der Waals surface area contributed by atoms with Crippen molar-refractivity contribution in [1.29, 1.82) is 0 Å². The number of fused-ring (bicyclic) bond motifs is 5. The summed E-state index contributed by atoms with van der Waals surface area (Å²) in [6.07, 6.45) is 1.78. The molecule has 12 heteroatoms. The van der Waals surface area contributed by atoms with E-state index in [2.05, 4.69) is 4.74 Å². The molecule has 3 aromatic rings. The molecule has 9 nitrogen and oxygen atoms in total. The van der Waals surface area contributed by atoms with Crippen LogP contribution in [0, 0.1) is 23.5 Å². The maximum absolute atomic E-state index is 15.3. The average molecular weight is 582 g/mol. The topological polar surface area (TPSA) is 90.3 Å². The maximum atomic E-state index is 15.3. The highest BCUT2D eigenvalue weighted by atomic mass is 32.2. The molecule has 2 aromatic carbocycles. The van der Waals surface area contributed by atoms with Gasteiger partial charge < -0.3 is 19.1 Å². The van der Waals surface area contributed by atoms with Crippen molar-refractivity contribution < 1.29 is 32.6 Å². The molecule has 212 valence electrons. The Morgan fingerprint density at radius 3 is 2.71 bits per heavy atom. The van der Waals surface area contributed by atoms with Gasteiger partial charge >= 0.3 is 6.16 Å². The summed E-state index contributed by atoms with van der Waals surface area (Å²) in [5, 5.41) is 1.99. The molecule has 4 atom stereocenters. The lowest BCUT2D eigenvalue weighted by Gasteiger charge is -2.51. The van der Waals surface area contributed by atoms with Gasteiger partial charge in [0.25, 0.3) is 5.91 Å². The van der Waals surface area contributed by atoms with Crippen LogP contribution in [0.5, 0.6) is 5.75 Å². The third-order valence-corrected chi connectivity index (χ3v) is 9.47. The van der Waals surface area contributed by atoms with Crippen LogP contribution in [0.2, 0.25) is 0 Å². The van der Waals surface area contributed by atoms with Crippen LogP contribution >= 0.6 is 11.8 Å². The van der Waals surface area contributed by atoms with E-state index in [9.17, 15) is 18.8 Å². The van der Waals surface area contributed by atoms with Gasteiger partial charge in [-0.25, -0.2) is 13.6 Å². The number of thioether (sulfide) groups is 1. The van der Waals surface area contributed by atoms with E-state index >= 15 is 4.39 Å². The first-order valence-corrected chi connectivity index (χ1v) is 14.2. The second-order valence-electron chi connectivity index (χ2n) is 10.5. The zero-order valence-corrected chi connectivity index (χ0v) is 22.7. The van der Waals surface area contributed by atoms with Crippen molar-refractivity contribution in [1.82, 2.24) is 9.58 Å². The Balaban J connectivity index is 1.44. The molecule has 7 rings (SSSR count). The fraction of sp³-hybridized carbons (Fsp3) is 0.345. The molecule has 1 aliphatic carbocycles. The van der Waals surface area contributed by atoms with Crippen molar-refractivity contribution in [3.63, 3.8) is 0 Å². The van der Waals surface area contributed by atoms with Crippen LogP contribution in [0.1, 0.15) is 46.1 Å². The van der Waals surface area contributed by atoms with E-state index in [4.69, 9.17) is 9.47 Å². The number of methoxy groups -OCH3 is 1. The summed E-state index contributed by atoms with van der Waals surface area (Å²) < 4.78 is 46.3. The van der Waals surface area contributed by atoms with Crippen LogP contribution in [0.3, 0.4) is 0 Å². The van der Waals surface area contributed by atoms with Crippen molar-refractivity contribution >= 4 is 23.8 Å². The molecule has 4 aliphatic rings. The highest BCUT2D eigenvalue weighted by Gasteiger charge is 2.54. The zero-order valence-electron chi connectivity index (χ0n) is 21.9. The predicted octanol–water partition coefficient (Wildman–Crippen LogP) is 4.40. The van der Waals surface area contributed by atoms with Crippen molar-refractivity contribution in [2.24, 2.45) is 11.8 Å². The summed E-state index contributed by atoms with van der Waals surface area (Å²) in [4.78, 5) is 41.2. The summed E-state index contributed by atoms with van der Waals surface area (Å²) in [5.74, 6) is -1.44. The molecule has 0 spiro atoms. The van der Waals surface area contributed by atoms with Gasteiger partial charge in [-0.15, -0.1) is 11.8 Å². The number of benzene rings is 2. The van der Waals surface area contributed by atoms with Gasteiger partial charge in [-0.3, -0.25) is 19.3 Å². The lowest BCUT2D eigenvalue weighted by Crippen LogP contribution is -2.64. The lowest BCUT2D eigenvalue weighted by molar-refractivity contribution is 0.0125. The van der Waals surface area contributed by atoms with Crippen LogP contribution in [0.15, 0.2) is 58.4 Å². The Labute approximate surface area is 237 Å². The molecule has 0 bridgehead atoms. The molecular formula is C29H25F2N3O6S. The van der Waals surface area contributed by atoms with Crippen molar-refractivity contribution in [2.45, 2.75) is 35.7 Å². The minimum atomic E-state index is -1.00. The van der Waals surface area contributed by atoms with Gasteiger partial charge in [0.1, 0.15) is 6.17 Å². The molecule has 2 unspecified atom stereocenters. The van der Waals surface area contributed by atoms with Gasteiger partial charge in [-0.05, 0) is 47.9 Å². The fourth-order valence-corrected chi connectivity index (χ4v) is 7.44. The number of carbonyl (C=O) groups excluding carboxylic acids is 2. The van der Waals surface area contributed by atoms with Crippen LogP contribution in [-0.4, -0.2) is 48.3 Å². The molecule has 41 heavy (non-hydrogen) atoms. The average Bonchev–Trinajstić information content (AvgIpc) is 3.77. The molecule has 1 saturated carbocycles. The smallest absolute Gasteiger partial charge is 0.451 e. The molecular weight excluding hydrogens is 556 g/mol. The summed E-state index contributed by atoms with van der Waals surface area (Å²) in [6.45, 7) is -0.143. The van der Waals surface area contributed by atoms with Gasteiger partial charge in [-0.1, -0.05) is 24.3 Å². The highest BCUT2D eigenvalue weighted by Crippen LogP contribution is 2.52. The van der Waals surface area contributed by atoms with Gasteiger partial charge in [-0.2, -0.15) is 0 Å². The third kappa shape index (κ3) is 4.14. The number of pyridine rings is 1. The molecule has 1 amide bonds. The molecule has 0 N–H and O–H groups in total. The quantitative estimate of drug-likeness (QED) is 0.331. The molecule has 4 heterocycles. The number of carbonyl (C=O) groups is 2. The van der Waals surface area contributed by atoms with E-state index in [0.29, 0.717) is 30.4 Å². The first-order valence-electron chi connectivity index (χ1n) is 13.2. The number of piperidine rings is 1. The third-order valence-electron chi connectivity index (χ3n) is 8.35. The first kappa shape index (κ1) is 25.9. The number of hydrogen-bond acceptors (Lipinski definition) is 8. The summed E-state index contributed by atoms with van der Waals surface area (Å²) in [6, 6.07) is 11.1. The Morgan fingerprint density at radius 2 is 1.88 bits per heavy atom. The Morgan fingerprint density at radius 1 is 1.05 bits per heavy atom. The number of ether oxygens (including phenoxy) is 3. The van der Waals surface area contributed by atoms with Gasteiger partial charge in [0.2, 0.25) is 18.0 Å². The molecule has 3 aliphatic heterocycles. The van der Waals surface area contributed by atoms with E-state index in [0.717, 1.165) is 30.1 Å². The fourth-order valence-electron chi connectivity index (χ4n) is 6.32. The largest absolute Gasteiger partial charge is 0.510 e. The van der Waals surface area contributed by atoms with Crippen LogP contribution < -0.4 is 15.2 Å². The van der Waals surface area contributed by atoms with Crippen molar-refractivity contribution in [3.8, 4) is 5.75 Å². The van der Waals surface area contributed by atoms with E-state index in [-0.39, 0.29) is 28.7 Å². The van der Waals surface area contributed by atoms with Crippen LogP contribution in [-0.2, 0) is 15.2 Å². The van der Waals surface area contributed by atoms with E-state index in [1.54, 1.807) is 15.6 Å². The Bertz CT molecular complexity index is 1650. The van der Waals surface area contributed by atoms with Gasteiger partial charge in [0.15, 0.2) is 17.3 Å². The monoisotopic (exact) mass is 581 g/mol. The van der Waals surface area contributed by atoms with Crippen LogP contribution in [0.4, 0.5) is 13.6 Å². The second kappa shape index (κ2) is 9.79. The summed E-state index contributed by atoms with van der Waals surface area (Å²) in [7, 11) is 1.14. The molecule has 1 aromatic heterocycles. The van der Waals surface area contributed by atoms with Gasteiger partial charge in [0, 0.05) is 35.0 Å². The van der Waals surface area contributed by atoms with Crippen LogP contribution in [0.25, 0.3) is 0 Å². The number of halogens is 2.